The third kappa shape index (κ3) is 1.28. The molecule has 1 atom stereocenters. The van der Waals surface area contributed by atoms with Crippen molar-refractivity contribution in [3.8, 4) is 18.2 Å². The number of hydrogen-bond acceptors (Lipinski definition) is 5. The van der Waals surface area contributed by atoms with E-state index in [1.165, 1.54) is 0 Å². The van der Waals surface area contributed by atoms with E-state index >= 15 is 0 Å². The van der Waals surface area contributed by atoms with Crippen molar-refractivity contribution in [1.29, 1.82) is 15.8 Å². The van der Waals surface area contributed by atoms with Crippen molar-refractivity contribution >= 4 is 0 Å². The first-order chi connectivity index (χ1) is 7.03. The van der Waals surface area contributed by atoms with Crippen molar-refractivity contribution in [2.45, 2.75) is 20.0 Å². The molecule has 0 aliphatic carbocycles. The molecule has 2 N–H and O–H groups in total. The van der Waals surface area contributed by atoms with E-state index < -0.39 is 11.5 Å². The van der Waals surface area contributed by atoms with Crippen LogP contribution in [-0.2, 0) is 4.74 Å². The summed E-state index contributed by atoms with van der Waals surface area (Å²) in [6, 6.07) is 5.46. The number of nitriles is 3. The van der Waals surface area contributed by atoms with Gasteiger partial charge in [0.15, 0.2) is 0 Å². The van der Waals surface area contributed by atoms with Gasteiger partial charge in [0.2, 0.25) is 11.3 Å². The van der Waals surface area contributed by atoms with Crippen molar-refractivity contribution in [2.75, 3.05) is 0 Å². The molecule has 0 aromatic rings. The van der Waals surface area contributed by atoms with Crippen LogP contribution >= 0.6 is 0 Å². The fourth-order valence-electron chi connectivity index (χ4n) is 1.66. The zero-order chi connectivity index (χ0) is 11.6. The Morgan fingerprint density at radius 2 is 1.87 bits per heavy atom. The number of nitrogens with zero attached hydrogens (tertiary/aromatic N) is 3. The smallest absolute Gasteiger partial charge is 0.220 e. The molecule has 5 nitrogen and oxygen atoms in total. The molecule has 0 aromatic carbocycles. The third-order valence-corrected chi connectivity index (χ3v) is 2.39. The SMILES string of the molecule is CC(C)C1OC(N)=C(C#N)C1(C#N)C#N. The first kappa shape index (κ1) is 10.9. The highest BCUT2D eigenvalue weighted by Gasteiger charge is 2.53. The number of nitrogens with two attached hydrogens (primary N) is 1. The second-order valence-electron chi connectivity index (χ2n) is 3.67. The monoisotopic (exact) mass is 202 g/mol. The number of rotatable bonds is 1. The van der Waals surface area contributed by atoms with Gasteiger partial charge in [-0.15, -0.1) is 0 Å². The maximum absolute atomic E-state index is 9.06. The van der Waals surface area contributed by atoms with Crippen LogP contribution in [0, 0.1) is 45.3 Å². The topological polar surface area (TPSA) is 107 Å². The zero-order valence-electron chi connectivity index (χ0n) is 8.48. The first-order valence-corrected chi connectivity index (χ1v) is 4.43. The maximum Gasteiger partial charge on any atom is 0.220 e. The normalized spacial score (nSPS) is 22.8. The van der Waals surface area contributed by atoms with Gasteiger partial charge in [-0.05, 0) is 5.92 Å². The highest BCUT2D eigenvalue weighted by Crippen LogP contribution is 2.42. The Hall–Kier alpha value is -2.19. The summed E-state index contributed by atoms with van der Waals surface area (Å²) in [7, 11) is 0. The largest absolute Gasteiger partial charge is 0.472 e. The molecule has 0 spiro atoms. The Balaban J connectivity index is 3.35. The third-order valence-electron chi connectivity index (χ3n) is 2.39. The van der Waals surface area contributed by atoms with E-state index in [-0.39, 0.29) is 17.4 Å². The van der Waals surface area contributed by atoms with Crippen molar-refractivity contribution in [1.82, 2.24) is 0 Å². The Labute approximate surface area is 88.0 Å². The maximum atomic E-state index is 9.06. The van der Waals surface area contributed by atoms with Crippen LogP contribution in [0.1, 0.15) is 13.8 Å². The Kier molecular flexibility index (Phi) is 2.55. The second kappa shape index (κ2) is 3.52. The van der Waals surface area contributed by atoms with E-state index in [9.17, 15) is 0 Å². The highest BCUT2D eigenvalue weighted by atomic mass is 16.5. The van der Waals surface area contributed by atoms with Crippen molar-refractivity contribution in [3.05, 3.63) is 11.5 Å². The van der Waals surface area contributed by atoms with Crippen LogP contribution in [0.3, 0.4) is 0 Å². The van der Waals surface area contributed by atoms with E-state index in [4.69, 9.17) is 26.3 Å². The average molecular weight is 202 g/mol. The lowest BCUT2D eigenvalue weighted by Crippen LogP contribution is -2.35. The van der Waals surface area contributed by atoms with Crippen molar-refractivity contribution in [2.24, 2.45) is 17.1 Å². The lowest BCUT2D eigenvalue weighted by Gasteiger charge is -2.23. The van der Waals surface area contributed by atoms with Gasteiger partial charge in [-0.3, -0.25) is 0 Å². The molecule has 0 amide bonds. The molecule has 1 rings (SSSR count). The predicted molar refractivity (Wildman–Crippen MR) is 50.2 cm³/mol. The molecule has 1 aliphatic heterocycles. The van der Waals surface area contributed by atoms with Gasteiger partial charge in [-0.25, -0.2) is 0 Å². The summed E-state index contributed by atoms with van der Waals surface area (Å²) in [5.41, 5.74) is 3.84. The van der Waals surface area contributed by atoms with Gasteiger partial charge in [-0.1, -0.05) is 13.8 Å². The molecule has 0 aromatic heterocycles. The summed E-state index contributed by atoms with van der Waals surface area (Å²) >= 11 is 0. The quantitative estimate of drug-likeness (QED) is 0.675. The molecule has 0 saturated carbocycles. The molecule has 1 heterocycles. The van der Waals surface area contributed by atoms with E-state index in [2.05, 4.69) is 0 Å². The van der Waals surface area contributed by atoms with Gasteiger partial charge < -0.3 is 10.5 Å². The van der Waals surface area contributed by atoms with E-state index in [0.29, 0.717) is 0 Å². The summed E-state index contributed by atoms with van der Waals surface area (Å²) in [5, 5.41) is 27.0. The zero-order valence-corrected chi connectivity index (χ0v) is 8.48. The lowest BCUT2D eigenvalue weighted by molar-refractivity contribution is 0.0644. The predicted octanol–water partition coefficient (Wildman–Crippen LogP) is 0.769. The molecule has 1 unspecified atom stereocenters. The Morgan fingerprint density at radius 1 is 1.33 bits per heavy atom. The minimum Gasteiger partial charge on any atom is -0.472 e. The molecular weight excluding hydrogens is 192 g/mol. The second-order valence-corrected chi connectivity index (χ2v) is 3.67. The van der Waals surface area contributed by atoms with E-state index in [1.807, 2.05) is 26.0 Å². The van der Waals surface area contributed by atoms with Gasteiger partial charge in [0.1, 0.15) is 17.7 Å². The molecule has 0 bridgehead atoms. The molecule has 0 fully saturated rings. The summed E-state index contributed by atoms with van der Waals surface area (Å²) in [6.07, 6.45) is -0.679. The van der Waals surface area contributed by atoms with Crippen LogP contribution < -0.4 is 5.73 Å². The van der Waals surface area contributed by atoms with Crippen LogP contribution in [0.25, 0.3) is 0 Å². The van der Waals surface area contributed by atoms with E-state index in [1.54, 1.807) is 6.07 Å². The van der Waals surface area contributed by atoms with Crippen LogP contribution in [0.5, 0.6) is 0 Å². The highest BCUT2D eigenvalue weighted by molar-refractivity contribution is 5.47. The average Bonchev–Trinajstić information content (AvgIpc) is 2.51. The molecule has 5 heteroatoms. The fourth-order valence-corrected chi connectivity index (χ4v) is 1.66. The standard InChI is InChI=1S/C10H10N4O/c1-6(2)8-10(4-12,5-13)7(3-11)9(14)15-8/h6,8H,14H2,1-2H3. The van der Waals surface area contributed by atoms with Crippen LogP contribution in [0.2, 0.25) is 0 Å². The molecule has 0 radical (unpaired) electrons. The summed E-state index contributed by atoms with van der Waals surface area (Å²) < 4.78 is 5.21. The molecule has 0 saturated heterocycles. The Morgan fingerprint density at radius 3 is 2.20 bits per heavy atom. The first-order valence-electron chi connectivity index (χ1n) is 4.43. The van der Waals surface area contributed by atoms with Crippen LogP contribution in [0.4, 0.5) is 0 Å². The molecule has 76 valence electrons. The summed E-state index contributed by atoms with van der Waals surface area (Å²) in [5.74, 6) is -0.187. The van der Waals surface area contributed by atoms with Gasteiger partial charge in [-0.2, -0.15) is 15.8 Å². The molecule has 1 aliphatic rings. The van der Waals surface area contributed by atoms with Crippen LogP contribution in [0.15, 0.2) is 11.5 Å². The number of hydrogen-bond donors (Lipinski definition) is 1. The minimum absolute atomic E-state index is 0.0753. The minimum atomic E-state index is -1.56. The fraction of sp³-hybridized carbons (Fsp3) is 0.500. The van der Waals surface area contributed by atoms with Crippen molar-refractivity contribution in [3.63, 3.8) is 0 Å². The Bertz CT molecular complexity index is 416. The van der Waals surface area contributed by atoms with E-state index in [0.717, 1.165) is 0 Å². The lowest BCUT2D eigenvalue weighted by atomic mass is 9.76. The van der Waals surface area contributed by atoms with Gasteiger partial charge in [0, 0.05) is 0 Å². The summed E-state index contributed by atoms with van der Waals surface area (Å²) in [6.45, 7) is 3.61. The molecule has 15 heavy (non-hydrogen) atoms. The van der Waals surface area contributed by atoms with Crippen LogP contribution in [-0.4, -0.2) is 6.10 Å². The summed E-state index contributed by atoms with van der Waals surface area (Å²) in [4.78, 5) is 0. The van der Waals surface area contributed by atoms with Gasteiger partial charge in [0.25, 0.3) is 0 Å². The van der Waals surface area contributed by atoms with Crippen molar-refractivity contribution < 1.29 is 4.74 Å². The molecular formula is C10H10N4O. The van der Waals surface area contributed by atoms with Gasteiger partial charge in [0.05, 0.1) is 12.1 Å². The van der Waals surface area contributed by atoms with Gasteiger partial charge >= 0.3 is 0 Å². The number of ether oxygens (including phenoxy) is 1.